The van der Waals surface area contributed by atoms with Gasteiger partial charge in [0.25, 0.3) is 0 Å². The van der Waals surface area contributed by atoms with Crippen molar-refractivity contribution in [3.63, 3.8) is 0 Å². The van der Waals surface area contributed by atoms with Crippen LogP contribution in [0.4, 0.5) is 0 Å². The Kier molecular flexibility index (Phi) is 3.93. The van der Waals surface area contributed by atoms with Crippen molar-refractivity contribution in [3.05, 3.63) is 0 Å². The summed E-state index contributed by atoms with van der Waals surface area (Å²) >= 11 is 0. The Morgan fingerprint density at radius 2 is 2.07 bits per heavy atom. The Labute approximate surface area is 86.8 Å². The van der Waals surface area contributed by atoms with Crippen LogP contribution in [-0.2, 0) is 4.74 Å². The second-order valence-electron chi connectivity index (χ2n) is 5.19. The molecule has 0 amide bonds. The molecule has 0 spiro atoms. The molecule has 0 aromatic rings. The van der Waals surface area contributed by atoms with Gasteiger partial charge in [0.05, 0.1) is 18.8 Å². The number of aliphatic hydroxyl groups excluding tert-OH is 1. The Balaban J connectivity index is 2.02. The summed E-state index contributed by atoms with van der Waals surface area (Å²) in [7, 11) is 0. The third kappa shape index (κ3) is 3.95. The fraction of sp³-hybridized carbons (Fsp3) is 1.00. The highest BCUT2D eigenvalue weighted by Gasteiger charge is 2.45. The van der Waals surface area contributed by atoms with Gasteiger partial charge in [-0.1, -0.05) is 13.8 Å². The van der Waals surface area contributed by atoms with Gasteiger partial charge in [-0.25, -0.2) is 0 Å². The van der Waals surface area contributed by atoms with Gasteiger partial charge in [0, 0.05) is 12.6 Å². The molecule has 14 heavy (non-hydrogen) atoms. The van der Waals surface area contributed by atoms with E-state index < -0.39 is 0 Å². The van der Waals surface area contributed by atoms with Crippen molar-refractivity contribution in [2.45, 2.75) is 52.4 Å². The molecule has 0 heterocycles. The van der Waals surface area contributed by atoms with E-state index in [1.807, 2.05) is 13.8 Å². The molecule has 1 fully saturated rings. The van der Waals surface area contributed by atoms with Crippen LogP contribution in [0, 0.1) is 5.41 Å². The maximum Gasteiger partial charge on any atom is 0.0897 e. The summed E-state index contributed by atoms with van der Waals surface area (Å²) in [4.78, 5) is 0. The van der Waals surface area contributed by atoms with Crippen LogP contribution in [0.5, 0.6) is 0 Å². The number of rotatable bonds is 6. The van der Waals surface area contributed by atoms with Crippen LogP contribution in [0.15, 0.2) is 0 Å². The lowest BCUT2D eigenvalue weighted by Crippen LogP contribution is -2.33. The molecular formula is C11H23NO2. The van der Waals surface area contributed by atoms with Crippen LogP contribution in [0.3, 0.4) is 0 Å². The summed E-state index contributed by atoms with van der Waals surface area (Å²) in [5.74, 6) is 0. The average molecular weight is 201 g/mol. The van der Waals surface area contributed by atoms with Gasteiger partial charge in [0.2, 0.25) is 0 Å². The van der Waals surface area contributed by atoms with Gasteiger partial charge < -0.3 is 15.2 Å². The fourth-order valence-corrected chi connectivity index (χ4v) is 1.46. The van der Waals surface area contributed by atoms with Crippen molar-refractivity contribution in [1.82, 2.24) is 5.32 Å². The Morgan fingerprint density at radius 1 is 1.50 bits per heavy atom. The van der Waals surface area contributed by atoms with Crippen LogP contribution in [0.2, 0.25) is 0 Å². The molecule has 3 heteroatoms. The summed E-state index contributed by atoms with van der Waals surface area (Å²) in [5, 5.41) is 12.9. The number of aliphatic hydroxyl groups is 1. The average Bonchev–Trinajstić information content (AvgIpc) is 2.67. The molecule has 1 saturated carbocycles. The number of nitrogens with one attached hydrogen (secondary N) is 1. The van der Waals surface area contributed by atoms with Gasteiger partial charge in [0.1, 0.15) is 0 Å². The molecule has 2 unspecified atom stereocenters. The molecule has 1 rings (SSSR count). The van der Waals surface area contributed by atoms with E-state index in [2.05, 4.69) is 19.2 Å². The van der Waals surface area contributed by atoms with Gasteiger partial charge in [-0.2, -0.15) is 0 Å². The molecule has 2 N–H and O–H groups in total. The first-order valence-corrected chi connectivity index (χ1v) is 5.45. The van der Waals surface area contributed by atoms with E-state index in [1.54, 1.807) is 0 Å². The molecule has 0 bridgehead atoms. The normalized spacial score (nSPS) is 26.6. The summed E-state index contributed by atoms with van der Waals surface area (Å²) in [6.07, 6.45) is 1.03. The van der Waals surface area contributed by atoms with Gasteiger partial charge in [-0.3, -0.25) is 0 Å². The Hall–Kier alpha value is -0.120. The van der Waals surface area contributed by atoms with E-state index in [0.717, 1.165) is 0 Å². The van der Waals surface area contributed by atoms with Crippen molar-refractivity contribution in [3.8, 4) is 0 Å². The van der Waals surface area contributed by atoms with Crippen LogP contribution in [-0.4, -0.2) is 36.5 Å². The Bertz CT molecular complexity index is 180. The van der Waals surface area contributed by atoms with Crippen molar-refractivity contribution in [2.75, 3.05) is 13.2 Å². The second-order valence-corrected chi connectivity index (χ2v) is 5.19. The number of hydrogen-bond acceptors (Lipinski definition) is 3. The predicted octanol–water partition coefficient (Wildman–Crippen LogP) is 1.16. The van der Waals surface area contributed by atoms with E-state index in [-0.39, 0.29) is 12.2 Å². The standard InChI is InChI=1S/C11H23NO2/c1-8(2)14-7-9(13)6-12-10-5-11(10,3)4/h8-10,12-13H,5-7H2,1-4H3. The zero-order valence-electron chi connectivity index (χ0n) is 9.71. The zero-order chi connectivity index (χ0) is 10.8. The molecule has 0 saturated heterocycles. The van der Waals surface area contributed by atoms with Gasteiger partial charge in [-0.15, -0.1) is 0 Å². The molecule has 1 aliphatic rings. The molecule has 2 atom stereocenters. The van der Waals surface area contributed by atoms with Crippen LogP contribution < -0.4 is 5.32 Å². The summed E-state index contributed by atoms with van der Waals surface area (Å²) < 4.78 is 5.32. The Morgan fingerprint density at radius 3 is 2.50 bits per heavy atom. The fourth-order valence-electron chi connectivity index (χ4n) is 1.46. The van der Waals surface area contributed by atoms with Crippen LogP contribution >= 0.6 is 0 Å². The quantitative estimate of drug-likeness (QED) is 0.677. The minimum atomic E-state index is -0.381. The van der Waals surface area contributed by atoms with E-state index in [9.17, 15) is 5.11 Å². The zero-order valence-corrected chi connectivity index (χ0v) is 9.71. The molecule has 0 aliphatic heterocycles. The van der Waals surface area contributed by atoms with Crippen LogP contribution in [0.25, 0.3) is 0 Å². The first-order valence-electron chi connectivity index (χ1n) is 5.45. The topological polar surface area (TPSA) is 41.5 Å². The highest BCUT2D eigenvalue weighted by molar-refractivity contribution is 5.01. The van der Waals surface area contributed by atoms with Gasteiger partial charge in [-0.05, 0) is 25.7 Å². The smallest absolute Gasteiger partial charge is 0.0897 e. The molecular weight excluding hydrogens is 178 g/mol. The lowest BCUT2D eigenvalue weighted by Gasteiger charge is -2.14. The van der Waals surface area contributed by atoms with E-state index in [4.69, 9.17) is 4.74 Å². The maximum atomic E-state index is 9.56. The number of ether oxygens (including phenoxy) is 1. The van der Waals surface area contributed by atoms with E-state index in [0.29, 0.717) is 24.6 Å². The highest BCUT2D eigenvalue weighted by Crippen LogP contribution is 2.44. The molecule has 3 nitrogen and oxygen atoms in total. The maximum absolute atomic E-state index is 9.56. The minimum Gasteiger partial charge on any atom is -0.389 e. The van der Waals surface area contributed by atoms with Crippen molar-refractivity contribution < 1.29 is 9.84 Å². The van der Waals surface area contributed by atoms with Crippen molar-refractivity contribution >= 4 is 0 Å². The first kappa shape index (κ1) is 12.0. The predicted molar refractivity (Wildman–Crippen MR) is 57.3 cm³/mol. The monoisotopic (exact) mass is 201 g/mol. The third-order valence-corrected chi connectivity index (χ3v) is 2.74. The largest absolute Gasteiger partial charge is 0.389 e. The second kappa shape index (κ2) is 4.60. The van der Waals surface area contributed by atoms with E-state index >= 15 is 0 Å². The molecule has 84 valence electrons. The molecule has 0 aromatic carbocycles. The van der Waals surface area contributed by atoms with Crippen molar-refractivity contribution in [1.29, 1.82) is 0 Å². The first-order chi connectivity index (χ1) is 6.42. The number of hydrogen-bond donors (Lipinski definition) is 2. The van der Waals surface area contributed by atoms with Crippen molar-refractivity contribution in [2.24, 2.45) is 5.41 Å². The SMILES string of the molecule is CC(C)OCC(O)CNC1CC1(C)C. The highest BCUT2D eigenvalue weighted by atomic mass is 16.5. The lowest BCUT2D eigenvalue weighted by molar-refractivity contribution is 0.00605. The van der Waals surface area contributed by atoms with Gasteiger partial charge >= 0.3 is 0 Å². The summed E-state index contributed by atoms with van der Waals surface area (Å²) in [6, 6.07) is 0.580. The molecule has 0 radical (unpaired) electrons. The minimum absolute atomic E-state index is 0.196. The lowest BCUT2D eigenvalue weighted by atomic mass is 10.2. The molecule has 1 aliphatic carbocycles. The van der Waals surface area contributed by atoms with Gasteiger partial charge in [0.15, 0.2) is 0 Å². The third-order valence-electron chi connectivity index (χ3n) is 2.74. The van der Waals surface area contributed by atoms with Crippen LogP contribution in [0.1, 0.15) is 34.1 Å². The van der Waals surface area contributed by atoms with E-state index in [1.165, 1.54) is 6.42 Å². The molecule has 0 aromatic heterocycles. The summed E-state index contributed by atoms with van der Waals surface area (Å²) in [5.41, 5.74) is 0.429. The summed E-state index contributed by atoms with van der Waals surface area (Å²) in [6.45, 7) is 9.50.